The lowest BCUT2D eigenvalue weighted by Crippen LogP contribution is -2.29. The molecule has 0 amide bonds. The molecular weight excluding hydrogens is 222 g/mol. The number of hydrogen-bond donors (Lipinski definition) is 1. The van der Waals surface area contributed by atoms with Crippen LogP contribution in [0, 0.1) is 5.92 Å². The molecule has 2 aliphatic heterocycles. The predicted molar refractivity (Wildman–Crippen MR) is 75.9 cm³/mol. The van der Waals surface area contributed by atoms with Gasteiger partial charge in [0.15, 0.2) is 0 Å². The van der Waals surface area contributed by atoms with E-state index in [9.17, 15) is 0 Å². The number of hydrogen-bond acceptors (Lipinski definition) is 3. The number of fused-ring (bicyclic) bond motifs is 1. The number of likely N-dealkylation sites (tertiary alicyclic amines) is 1. The van der Waals surface area contributed by atoms with Crippen LogP contribution in [0.15, 0.2) is 24.3 Å². The van der Waals surface area contributed by atoms with Gasteiger partial charge in [-0.25, -0.2) is 0 Å². The summed E-state index contributed by atoms with van der Waals surface area (Å²) >= 11 is 0. The van der Waals surface area contributed by atoms with Gasteiger partial charge in [-0.15, -0.1) is 0 Å². The van der Waals surface area contributed by atoms with E-state index in [1.54, 1.807) is 0 Å². The van der Waals surface area contributed by atoms with Crippen molar-refractivity contribution < 1.29 is 0 Å². The maximum atomic E-state index is 3.61. The van der Waals surface area contributed by atoms with Crippen LogP contribution in [-0.2, 0) is 6.54 Å². The van der Waals surface area contributed by atoms with Crippen molar-refractivity contribution in [2.24, 2.45) is 5.92 Å². The molecule has 0 aliphatic carbocycles. The lowest BCUT2D eigenvalue weighted by Gasteiger charge is -2.18. The van der Waals surface area contributed by atoms with Crippen molar-refractivity contribution in [2.45, 2.75) is 19.0 Å². The fourth-order valence-electron chi connectivity index (χ4n) is 3.23. The van der Waals surface area contributed by atoms with Crippen molar-refractivity contribution in [3.8, 4) is 0 Å². The highest BCUT2D eigenvalue weighted by molar-refractivity contribution is 5.45. The van der Waals surface area contributed by atoms with E-state index in [-0.39, 0.29) is 0 Å². The number of benzene rings is 1. The van der Waals surface area contributed by atoms with Crippen LogP contribution in [0.4, 0.5) is 5.69 Å². The molecule has 0 spiro atoms. The van der Waals surface area contributed by atoms with Crippen LogP contribution in [0.3, 0.4) is 0 Å². The second kappa shape index (κ2) is 4.90. The largest absolute Gasteiger partial charge is 0.378 e. The Bertz CT molecular complexity index is 387. The molecule has 98 valence electrons. The third-order valence-electron chi connectivity index (χ3n) is 4.30. The zero-order valence-corrected chi connectivity index (χ0v) is 11.4. The minimum Gasteiger partial charge on any atom is -0.378 e. The molecule has 3 nitrogen and oxygen atoms in total. The van der Waals surface area contributed by atoms with E-state index in [4.69, 9.17) is 0 Å². The van der Waals surface area contributed by atoms with Gasteiger partial charge in [0.1, 0.15) is 0 Å². The van der Waals surface area contributed by atoms with E-state index in [1.165, 1.54) is 37.3 Å². The minimum absolute atomic E-state index is 0.756. The first-order valence-corrected chi connectivity index (χ1v) is 6.94. The molecule has 18 heavy (non-hydrogen) atoms. The quantitative estimate of drug-likeness (QED) is 0.871. The molecule has 3 heteroatoms. The summed E-state index contributed by atoms with van der Waals surface area (Å²) in [6.07, 6.45) is 1.36. The molecule has 1 aromatic rings. The number of nitrogens with one attached hydrogen (secondary N) is 1. The van der Waals surface area contributed by atoms with Gasteiger partial charge >= 0.3 is 0 Å². The molecule has 0 unspecified atom stereocenters. The Morgan fingerprint density at radius 1 is 1.22 bits per heavy atom. The molecule has 2 fully saturated rings. The highest BCUT2D eigenvalue weighted by Gasteiger charge is 2.35. The monoisotopic (exact) mass is 245 g/mol. The normalized spacial score (nSPS) is 27.4. The summed E-state index contributed by atoms with van der Waals surface area (Å²) in [4.78, 5) is 4.74. The van der Waals surface area contributed by atoms with Gasteiger partial charge in [-0.05, 0) is 36.6 Å². The molecule has 2 atom stereocenters. The molecule has 1 N–H and O–H groups in total. The van der Waals surface area contributed by atoms with Crippen LogP contribution >= 0.6 is 0 Å². The average Bonchev–Trinajstić information content (AvgIpc) is 2.90. The van der Waals surface area contributed by atoms with Gasteiger partial charge in [0, 0.05) is 45.5 Å². The smallest absolute Gasteiger partial charge is 0.0361 e. The summed E-state index contributed by atoms with van der Waals surface area (Å²) in [7, 11) is 4.17. The van der Waals surface area contributed by atoms with Crippen molar-refractivity contribution >= 4 is 5.69 Å². The molecule has 3 rings (SSSR count). The van der Waals surface area contributed by atoms with Crippen LogP contribution in [0.1, 0.15) is 12.0 Å². The summed E-state index contributed by atoms with van der Waals surface area (Å²) in [5.41, 5.74) is 2.71. The standard InChI is InChI=1S/C15H23N3/c1-17(2)14-5-3-12(4-6-14)9-18-10-13-7-8-16-15(13)11-18/h3-6,13,15-16H,7-11H2,1-2H3/t13-,15+/m1/s1. The number of rotatable bonds is 3. The number of anilines is 1. The zero-order valence-electron chi connectivity index (χ0n) is 11.4. The van der Waals surface area contributed by atoms with E-state index in [2.05, 4.69) is 53.5 Å². The fraction of sp³-hybridized carbons (Fsp3) is 0.600. The fourth-order valence-corrected chi connectivity index (χ4v) is 3.23. The second-order valence-electron chi connectivity index (χ2n) is 5.86. The van der Waals surface area contributed by atoms with Gasteiger partial charge in [-0.1, -0.05) is 12.1 Å². The Kier molecular flexibility index (Phi) is 3.27. The summed E-state index contributed by atoms with van der Waals surface area (Å²) < 4.78 is 0. The van der Waals surface area contributed by atoms with Crippen LogP contribution in [0.5, 0.6) is 0 Å². The van der Waals surface area contributed by atoms with Gasteiger partial charge in [-0.2, -0.15) is 0 Å². The minimum atomic E-state index is 0.756. The van der Waals surface area contributed by atoms with Crippen LogP contribution in [0.2, 0.25) is 0 Å². The van der Waals surface area contributed by atoms with E-state index < -0.39 is 0 Å². The second-order valence-corrected chi connectivity index (χ2v) is 5.86. The molecule has 2 saturated heterocycles. The van der Waals surface area contributed by atoms with Gasteiger partial charge in [0.05, 0.1) is 0 Å². The Morgan fingerprint density at radius 3 is 2.67 bits per heavy atom. The van der Waals surface area contributed by atoms with Gasteiger partial charge < -0.3 is 10.2 Å². The molecule has 0 bridgehead atoms. The first-order chi connectivity index (χ1) is 8.72. The van der Waals surface area contributed by atoms with E-state index in [0.29, 0.717) is 0 Å². The van der Waals surface area contributed by atoms with Crippen LogP contribution < -0.4 is 10.2 Å². The third kappa shape index (κ3) is 2.38. The molecular formula is C15H23N3. The molecule has 0 saturated carbocycles. The van der Waals surface area contributed by atoms with Gasteiger partial charge in [0.25, 0.3) is 0 Å². The van der Waals surface area contributed by atoms with Crippen molar-refractivity contribution in [3.63, 3.8) is 0 Å². The Morgan fingerprint density at radius 2 is 2.00 bits per heavy atom. The molecule has 2 aliphatic rings. The highest BCUT2D eigenvalue weighted by Crippen LogP contribution is 2.26. The predicted octanol–water partition coefficient (Wildman–Crippen LogP) is 1.55. The van der Waals surface area contributed by atoms with Crippen molar-refractivity contribution in [3.05, 3.63) is 29.8 Å². The molecule has 0 radical (unpaired) electrons. The molecule has 1 aromatic carbocycles. The Balaban J connectivity index is 1.60. The summed E-state index contributed by atoms with van der Waals surface area (Å²) in [6, 6.07) is 9.70. The van der Waals surface area contributed by atoms with Crippen molar-refractivity contribution in [1.82, 2.24) is 10.2 Å². The van der Waals surface area contributed by atoms with E-state index in [0.717, 1.165) is 18.5 Å². The summed E-state index contributed by atoms with van der Waals surface area (Å²) in [6.45, 7) is 4.82. The third-order valence-corrected chi connectivity index (χ3v) is 4.30. The first kappa shape index (κ1) is 12.0. The topological polar surface area (TPSA) is 18.5 Å². The SMILES string of the molecule is CN(C)c1ccc(CN2C[C@H]3CCN[C@H]3C2)cc1. The zero-order chi connectivity index (χ0) is 12.5. The number of nitrogens with zero attached hydrogens (tertiary/aromatic N) is 2. The summed E-state index contributed by atoms with van der Waals surface area (Å²) in [5, 5.41) is 3.61. The van der Waals surface area contributed by atoms with E-state index >= 15 is 0 Å². The lowest BCUT2D eigenvalue weighted by molar-refractivity contribution is 0.307. The Hall–Kier alpha value is -1.06. The van der Waals surface area contributed by atoms with Crippen molar-refractivity contribution in [2.75, 3.05) is 38.6 Å². The first-order valence-electron chi connectivity index (χ1n) is 6.94. The van der Waals surface area contributed by atoms with E-state index in [1.807, 2.05) is 0 Å². The van der Waals surface area contributed by atoms with Crippen LogP contribution in [0.25, 0.3) is 0 Å². The molecule has 2 heterocycles. The van der Waals surface area contributed by atoms with Gasteiger partial charge in [0.2, 0.25) is 0 Å². The van der Waals surface area contributed by atoms with Gasteiger partial charge in [-0.3, -0.25) is 4.90 Å². The lowest BCUT2D eigenvalue weighted by atomic mass is 10.1. The maximum Gasteiger partial charge on any atom is 0.0361 e. The average molecular weight is 245 g/mol. The maximum absolute atomic E-state index is 3.61. The Labute approximate surface area is 110 Å². The highest BCUT2D eigenvalue weighted by atomic mass is 15.2. The van der Waals surface area contributed by atoms with Crippen LogP contribution in [-0.4, -0.2) is 44.7 Å². The van der Waals surface area contributed by atoms with Crippen molar-refractivity contribution in [1.29, 1.82) is 0 Å². The molecule has 0 aromatic heterocycles. The summed E-state index contributed by atoms with van der Waals surface area (Å²) in [5.74, 6) is 0.894.